The van der Waals surface area contributed by atoms with Crippen LogP contribution in [0.4, 0.5) is 17.5 Å². The number of anilines is 3. The van der Waals surface area contributed by atoms with E-state index in [1.165, 1.54) is 0 Å². The molecule has 0 aliphatic carbocycles. The summed E-state index contributed by atoms with van der Waals surface area (Å²) >= 11 is 0. The van der Waals surface area contributed by atoms with Crippen molar-refractivity contribution >= 4 is 23.4 Å². The molecule has 8 heteroatoms. The number of carbonyl (C=O) groups is 1. The minimum Gasteiger partial charge on any atom is -0.497 e. The molecule has 3 rings (SSSR count). The number of aryl methyl sites for hydroxylation is 1. The second-order valence-corrected chi connectivity index (χ2v) is 5.99. The lowest BCUT2D eigenvalue weighted by atomic mass is 10.2. The molecule has 28 heavy (non-hydrogen) atoms. The van der Waals surface area contributed by atoms with Crippen LogP contribution < -0.4 is 20.7 Å². The zero-order valence-electron chi connectivity index (χ0n) is 15.8. The van der Waals surface area contributed by atoms with E-state index in [2.05, 4.69) is 30.9 Å². The summed E-state index contributed by atoms with van der Waals surface area (Å²) in [6.07, 6.45) is 3.18. The van der Waals surface area contributed by atoms with Crippen LogP contribution in [0, 0.1) is 6.92 Å². The van der Waals surface area contributed by atoms with Gasteiger partial charge in [-0.05, 0) is 43.3 Å². The molecule has 0 saturated heterocycles. The zero-order valence-corrected chi connectivity index (χ0v) is 15.8. The summed E-state index contributed by atoms with van der Waals surface area (Å²) in [4.78, 5) is 24.7. The predicted octanol–water partition coefficient (Wildman–Crippen LogP) is 2.77. The minimum atomic E-state index is -0.142. The van der Waals surface area contributed by atoms with E-state index in [0.717, 1.165) is 17.1 Å². The van der Waals surface area contributed by atoms with Crippen LogP contribution in [0.2, 0.25) is 0 Å². The molecule has 0 aliphatic heterocycles. The quantitative estimate of drug-likeness (QED) is 0.518. The Balaban J connectivity index is 1.53. The van der Waals surface area contributed by atoms with Gasteiger partial charge in [0.15, 0.2) is 0 Å². The molecule has 1 amide bonds. The van der Waals surface area contributed by atoms with Gasteiger partial charge < -0.3 is 20.7 Å². The number of nitrogens with one attached hydrogen (secondary N) is 3. The molecule has 1 aromatic carbocycles. The molecule has 2 aromatic heterocycles. The second kappa shape index (κ2) is 9.31. The number of hydrogen-bond acceptors (Lipinski definition) is 7. The third-order valence-corrected chi connectivity index (χ3v) is 3.85. The molecule has 0 fully saturated rings. The van der Waals surface area contributed by atoms with E-state index >= 15 is 0 Å². The number of hydrogen-bond donors (Lipinski definition) is 3. The average molecular weight is 378 g/mol. The van der Waals surface area contributed by atoms with Gasteiger partial charge in [-0.1, -0.05) is 0 Å². The highest BCUT2D eigenvalue weighted by Crippen LogP contribution is 2.19. The summed E-state index contributed by atoms with van der Waals surface area (Å²) in [6.45, 7) is 2.85. The van der Waals surface area contributed by atoms with Crippen LogP contribution in [0.15, 0.2) is 54.9 Å². The van der Waals surface area contributed by atoms with Crippen molar-refractivity contribution in [3.8, 4) is 5.75 Å². The SMILES string of the molecule is COc1ccc(Nc2cc(C)nc(NCCNC(=O)c3ccncc3)n2)cc1. The smallest absolute Gasteiger partial charge is 0.251 e. The molecule has 0 bridgehead atoms. The maximum Gasteiger partial charge on any atom is 0.251 e. The van der Waals surface area contributed by atoms with Crippen molar-refractivity contribution in [2.24, 2.45) is 0 Å². The average Bonchev–Trinajstić information content (AvgIpc) is 2.72. The van der Waals surface area contributed by atoms with Gasteiger partial charge in [0.25, 0.3) is 5.91 Å². The van der Waals surface area contributed by atoms with Gasteiger partial charge in [0, 0.05) is 48.5 Å². The van der Waals surface area contributed by atoms with E-state index in [4.69, 9.17) is 4.74 Å². The number of ether oxygens (including phenoxy) is 1. The normalized spacial score (nSPS) is 10.2. The fourth-order valence-corrected chi connectivity index (χ4v) is 2.49. The highest BCUT2D eigenvalue weighted by Gasteiger charge is 2.05. The molecule has 3 N–H and O–H groups in total. The lowest BCUT2D eigenvalue weighted by Gasteiger charge is -2.11. The van der Waals surface area contributed by atoms with Gasteiger partial charge in [0.05, 0.1) is 7.11 Å². The van der Waals surface area contributed by atoms with Crippen LogP contribution in [0.25, 0.3) is 0 Å². The number of benzene rings is 1. The number of pyridine rings is 1. The van der Waals surface area contributed by atoms with E-state index in [1.807, 2.05) is 37.3 Å². The standard InChI is InChI=1S/C20H22N6O2/c1-14-13-18(25-16-3-5-17(28-2)6-4-16)26-20(24-14)23-12-11-22-19(27)15-7-9-21-10-8-15/h3-10,13H,11-12H2,1-2H3,(H,22,27)(H2,23,24,25,26). The summed E-state index contributed by atoms with van der Waals surface area (Å²) in [6, 6.07) is 12.8. The van der Waals surface area contributed by atoms with Gasteiger partial charge in [-0.15, -0.1) is 0 Å². The second-order valence-electron chi connectivity index (χ2n) is 5.99. The van der Waals surface area contributed by atoms with Gasteiger partial charge in [0.2, 0.25) is 5.95 Å². The molecule has 0 aliphatic rings. The molecule has 0 saturated carbocycles. The van der Waals surface area contributed by atoms with Crippen LogP contribution in [0.5, 0.6) is 5.75 Å². The predicted molar refractivity (Wildman–Crippen MR) is 108 cm³/mol. The molecule has 2 heterocycles. The van der Waals surface area contributed by atoms with Gasteiger partial charge >= 0.3 is 0 Å². The third-order valence-electron chi connectivity index (χ3n) is 3.85. The van der Waals surface area contributed by atoms with E-state index in [1.54, 1.807) is 31.6 Å². The molecule has 0 atom stereocenters. The first kappa shape index (κ1) is 19.1. The van der Waals surface area contributed by atoms with Crippen molar-refractivity contribution in [1.82, 2.24) is 20.3 Å². The van der Waals surface area contributed by atoms with Crippen LogP contribution in [0.3, 0.4) is 0 Å². The lowest BCUT2D eigenvalue weighted by molar-refractivity contribution is 0.0955. The molecule has 0 radical (unpaired) electrons. The van der Waals surface area contributed by atoms with Gasteiger partial charge in [0.1, 0.15) is 11.6 Å². The van der Waals surface area contributed by atoms with Gasteiger partial charge in [-0.25, -0.2) is 4.98 Å². The summed E-state index contributed by atoms with van der Waals surface area (Å²) in [5, 5.41) is 9.21. The van der Waals surface area contributed by atoms with Crippen LogP contribution in [-0.2, 0) is 0 Å². The molecule has 8 nitrogen and oxygen atoms in total. The Morgan fingerprint density at radius 2 is 1.79 bits per heavy atom. The van der Waals surface area contributed by atoms with Crippen molar-refractivity contribution in [2.75, 3.05) is 30.8 Å². The molecular weight excluding hydrogens is 356 g/mol. The number of methoxy groups -OCH3 is 1. The fourth-order valence-electron chi connectivity index (χ4n) is 2.49. The van der Waals surface area contributed by atoms with Crippen molar-refractivity contribution in [1.29, 1.82) is 0 Å². The monoisotopic (exact) mass is 378 g/mol. The largest absolute Gasteiger partial charge is 0.497 e. The Hall–Kier alpha value is -3.68. The van der Waals surface area contributed by atoms with Crippen molar-refractivity contribution < 1.29 is 9.53 Å². The van der Waals surface area contributed by atoms with Crippen LogP contribution >= 0.6 is 0 Å². The number of nitrogens with zero attached hydrogens (tertiary/aromatic N) is 3. The van der Waals surface area contributed by atoms with Gasteiger partial charge in [-0.3, -0.25) is 9.78 Å². The van der Waals surface area contributed by atoms with E-state index in [-0.39, 0.29) is 5.91 Å². The topological polar surface area (TPSA) is 101 Å². The Labute approximate surface area is 163 Å². The lowest BCUT2D eigenvalue weighted by Crippen LogP contribution is -2.29. The van der Waals surface area contributed by atoms with Crippen LogP contribution in [0.1, 0.15) is 16.1 Å². The first-order valence-corrected chi connectivity index (χ1v) is 8.83. The van der Waals surface area contributed by atoms with Crippen LogP contribution in [-0.4, -0.2) is 41.1 Å². The fraction of sp³-hybridized carbons (Fsp3) is 0.200. The first-order chi connectivity index (χ1) is 13.6. The van der Waals surface area contributed by atoms with E-state index in [9.17, 15) is 4.79 Å². The molecular formula is C20H22N6O2. The summed E-state index contributed by atoms with van der Waals surface area (Å²) in [5.74, 6) is 1.83. The highest BCUT2D eigenvalue weighted by molar-refractivity contribution is 5.93. The molecule has 3 aromatic rings. The Kier molecular flexibility index (Phi) is 6.35. The summed E-state index contributed by atoms with van der Waals surface area (Å²) in [5.41, 5.74) is 2.30. The number of amides is 1. The summed E-state index contributed by atoms with van der Waals surface area (Å²) < 4.78 is 5.16. The Bertz CT molecular complexity index is 916. The number of carbonyl (C=O) groups excluding carboxylic acids is 1. The Morgan fingerprint density at radius 3 is 2.50 bits per heavy atom. The van der Waals surface area contributed by atoms with Crippen molar-refractivity contribution in [3.05, 3.63) is 66.1 Å². The third kappa shape index (κ3) is 5.41. The molecule has 0 unspecified atom stereocenters. The van der Waals surface area contributed by atoms with Crippen molar-refractivity contribution in [3.63, 3.8) is 0 Å². The number of rotatable bonds is 8. The summed E-state index contributed by atoms with van der Waals surface area (Å²) in [7, 11) is 1.63. The molecule has 0 spiro atoms. The maximum atomic E-state index is 12.0. The minimum absolute atomic E-state index is 0.142. The zero-order chi connectivity index (χ0) is 19.8. The first-order valence-electron chi connectivity index (χ1n) is 8.83. The van der Waals surface area contributed by atoms with E-state index < -0.39 is 0 Å². The molecule has 144 valence electrons. The van der Waals surface area contributed by atoms with Crippen molar-refractivity contribution in [2.45, 2.75) is 6.92 Å². The maximum absolute atomic E-state index is 12.0. The Morgan fingerprint density at radius 1 is 1.04 bits per heavy atom. The highest BCUT2D eigenvalue weighted by atomic mass is 16.5. The van der Waals surface area contributed by atoms with E-state index in [0.29, 0.717) is 30.4 Å². The van der Waals surface area contributed by atoms with Gasteiger partial charge in [-0.2, -0.15) is 4.98 Å². The number of aromatic nitrogens is 3.